The summed E-state index contributed by atoms with van der Waals surface area (Å²) >= 11 is 0. The molecule has 0 aromatic rings. The molecule has 4 saturated carbocycles. The average molecular weight is 453 g/mol. The molecule has 4 rings (SSSR count). The first kappa shape index (κ1) is 24.9. The molecule has 5 nitrogen and oxygen atoms in total. The molecule has 0 spiro atoms. The van der Waals surface area contributed by atoms with E-state index in [1.165, 1.54) is 0 Å². The number of hydrogen-bond donors (Lipinski definition) is 5. The molecule has 0 amide bonds. The molecule has 4 aliphatic carbocycles. The molecule has 0 radical (unpaired) electrons. The van der Waals surface area contributed by atoms with Gasteiger partial charge in [-0.15, -0.1) is 0 Å². The minimum atomic E-state index is -0.332. The van der Waals surface area contributed by atoms with E-state index in [0.717, 1.165) is 64.2 Å². The number of rotatable bonds is 7. The lowest BCUT2D eigenvalue weighted by Crippen LogP contribution is -2.62. The van der Waals surface area contributed by atoms with Crippen LogP contribution in [0.3, 0.4) is 0 Å². The van der Waals surface area contributed by atoms with Crippen LogP contribution in [0.4, 0.5) is 0 Å². The molecule has 0 saturated heterocycles. The van der Waals surface area contributed by atoms with Gasteiger partial charge in [0.2, 0.25) is 0 Å². The van der Waals surface area contributed by atoms with Crippen molar-refractivity contribution in [1.29, 1.82) is 0 Å². The molecule has 0 aliphatic heterocycles. The van der Waals surface area contributed by atoms with Gasteiger partial charge in [-0.2, -0.15) is 0 Å². The highest BCUT2D eigenvalue weighted by Gasteiger charge is 2.65. The number of hydrogen-bond acceptors (Lipinski definition) is 5. The predicted molar refractivity (Wildman–Crippen MR) is 125 cm³/mol. The Morgan fingerprint density at radius 1 is 0.875 bits per heavy atom. The molecule has 186 valence electrons. The van der Waals surface area contributed by atoms with E-state index in [0.29, 0.717) is 29.6 Å². The highest BCUT2D eigenvalue weighted by molar-refractivity contribution is 5.14. The van der Waals surface area contributed by atoms with Crippen molar-refractivity contribution in [1.82, 2.24) is 0 Å². The van der Waals surface area contributed by atoms with Gasteiger partial charge in [-0.25, -0.2) is 0 Å². The lowest BCUT2D eigenvalue weighted by Gasteiger charge is -2.63. The van der Waals surface area contributed by atoms with E-state index in [2.05, 4.69) is 20.8 Å². The zero-order chi connectivity index (χ0) is 23.3. The Morgan fingerprint density at radius 3 is 2.28 bits per heavy atom. The van der Waals surface area contributed by atoms with Gasteiger partial charge in [-0.1, -0.05) is 33.6 Å². The fourth-order valence-corrected chi connectivity index (χ4v) is 9.30. The van der Waals surface area contributed by atoms with E-state index in [9.17, 15) is 25.5 Å². The molecule has 0 aromatic heterocycles. The highest BCUT2D eigenvalue weighted by atomic mass is 16.3. The molecule has 0 bridgehead atoms. The van der Waals surface area contributed by atoms with E-state index in [4.69, 9.17) is 0 Å². The Morgan fingerprint density at radius 2 is 1.59 bits per heavy atom. The Hall–Kier alpha value is -0.200. The topological polar surface area (TPSA) is 101 Å². The molecule has 5 heteroatoms. The van der Waals surface area contributed by atoms with Crippen LogP contribution in [0.1, 0.15) is 85.0 Å². The second-order valence-electron chi connectivity index (χ2n) is 12.7. The van der Waals surface area contributed by atoms with Crippen molar-refractivity contribution < 1.29 is 25.5 Å². The average Bonchev–Trinajstić information content (AvgIpc) is 3.12. The van der Waals surface area contributed by atoms with Gasteiger partial charge in [0.15, 0.2) is 0 Å². The number of aliphatic hydroxyl groups excluding tert-OH is 5. The van der Waals surface area contributed by atoms with E-state index in [-0.39, 0.29) is 54.2 Å². The molecular formula is C27H48O5. The van der Waals surface area contributed by atoms with E-state index >= 15 is 0 Å². The summed E-state index contributed by atoms with van der Waals surface area (Å²) in [5, 5.41) is 52.0. The Labute approximate surface area is 194 Å². The maximum atomic E-state index is 11.6. The van der Waals surface area contributed by atoms with Crippen molar-refractivity contribution in [3.8, 4) is 0 Å². The third kappa shape index (κ3) is 3.98. The van der Waals surface area contributed by atoms with Crippen LogP contribution in [0.25, 0.3) is 0 Å². The van der Waals surface area contributed by atoms with Crippen molar-refractivity contribution in [2.75, 3.05) is 13.2 Å². The summed E-state index contributed by atoms with van der Waals surface area (Å²) in [4.78, 5) is 0. The summed E-state index contributed by atoms with van der Waals surface area (Å²) in [5.41, 5.74) is -0.0228. The maximum Gasteiger partial charge on any atom is 0.0602 e. The molecule has 11 atom stereocenters. The second-order valence-corrected chi connectivity index (χ2v) is 12.7. The smallest absolute Gasteiger partial charge is 0.0602 e. The van der Waals surface area contributed by atoms with Crippen LogP contribution < -0.4 is 0 Å². The number of fused-ring (bicyclic) bond motifs is 5. The molecule has 0 aromatic carbocycles. The van der Waals surface area contributed by atoms with Crippen molar-refractivity contribution in [3.05, 3.63) is 0 Å². The van der Waals surface area contributed by atoms with Gasteiger partial charge in [-0.3, -0.25) is 0 Å². The van der Waals surface area contributed by atoms with E-state index in [1.807, 2.05) is 0 Å². The van der Waals surface area contributed by atoms with Crippen LogP contribution in [0.2, 0.25) is 0 Å². The standard InChI is InChI=1S/C27H48O5/c1-16(5-4-6-17(14-28)15-29)20-7-8-21-25-22(13-24(32)27(20,21)3)26(2)10-9-19(30)11-18(26)12-23(25)31/h16-25,28-32H,4-15H2,1-3H3/t16?,18-,19?,20?,21?,22?,23?,24?,25?,26-,27?/m0/s1. The van der Waals surface area contributed by atoms with Crippen LogP contribution in [0.15, 0.2) is 0 Å². The Kier molecular flexibility index (Phi) is 7.36. The SMILES string of the molecule is CC(CCCC(CO)CO)C1CCC2C3C(O)C[C@@H]4CC(O)CC[C@]4(C)C3CC(O)C12C. The van der Waals surface area contributed by atoms with Crippen molar-refractivity contribution in [2.45, 2.75) is 103 Å². The normalized spacial score (nSPS) is 49.4. The van der Waals surface area contributed by atoms with Gasteiger partial charge in [-0.05, 0) is 97.7 Å². The molecular weight excluding hydrogens is 404 g/mol. The van der Waals surface area contributed by atoms with Crippen molar-refractivity contribution >= 4 is 0 Å². The second kappa shape index (κ2) is 9.45. The van der Waals surface area contributed by atoms with E-state index in [1.54, 1.807) is 0 Å². The minimum Gasteiger partial charge on any atom is -0.396 e. The first-order chi connectivity index (χ1) is 15.2. The largest absolute Gasteiger partial charge is 0.396 e. The third-order valence-corrected chi connectivity index (χ3v) is 11.3. The van der Waals surface area contributed by atoms with Crippen LogP contribution >= 0.6 is 0 Å². The monoisotopic (exact) mass is 452 g/mol. The first-order valence-corrected chi connectivity index (χ1v) is 13.4. The fourth-order valence-electron chi connectivity index (χ4n) is 9.30. The summed E-state index contributed by atoms with van der Waals surface area (Å²) in [6.45, 7) is 7.11. The summed E-state index contributed by atoms with van der Waals surface area (Å²) < 4.78 is 0. The maximum absolute atomic E-state index is 11.6. The van der Waals surface area contributed by atoms with Gasteiger partial charge in [0.1, 0.15) is 0 Å². The van der Waals surface area contributed by atoms with Crippen LogP contribution in [-0.2, 0) is 0 Å². The predicted octanol–water partition coefficient (Wildman–Crippen LogP) is 3.36. The van der Waals surface area contributed by atoms with Gasteiger partial charge in [0.05, 0.1) is 18.3 Å². The van der Waals surface area contributed by atoms with Gasteiger partial charge < -0.3 is 25.5 Å². The third-order valence-electron chi connectivity index (χ3n) is 11.3. The van der Waals surface area contributed by atoms with Crippen LogP contribution in [0, 0.1) is 52.3 Å². The molecule has 9 unspecified atom stereocenters. The summed E-state index contributed by atoms with van der Waals surface area (Å²) in [6, 6.07) is 0. The summed E-state index contributed by atoms with van der Waals surface area (Å²) in [7, 11) is 0. The summed E-state index contributed by atoms with van der Waals surface area (Å²) in [5.74, 6) is 2.27. The minimum absolute atomic E-state index is 0.0183. The molecule has 4 aliphatic rings. The molecule has 5 N–H and O–H groups in total. The van der Waals surface area contributed by atoms with E-state index < -0.39 is 0 Å². The highest BCUT2D eigenvalue weighted by Crippen LogP contribution is 2.68. The molecule has 4 fully saturated rings. The fraction of sp³-hybridized carbons (Fsp3) is 1.00. The zero-order valence-corrected chi connectivity index (χ0v) is 20.5. The zero-order valence-electron chi connectivity index (χ0n) is 20.5. The van der Waals surface area contributed by atoms with Gasteiger partial charge >= 0.3 is 0 Å². The quantitative estimate of drug-likeness (QED) is 0.408. The first-order valence-electron chi connectivity index (χ1n) is 13.4. The lowest BCUT2D eigenvalue weighted by atomic mass is 9.43. The lowest BCUT2D eigenvalue weighted by molar-refractivity contribution is -0.207. The molecule has 0 heterocycles. The van der Waals surface area contributed by atoms with Crippen LogP contribution in [-0.4, -0.2) is 57.1 Å². The Bertz CT molecular complexity index is 638. The van der Waals surface area contributed by atoms with Crippen molar-refractivity contribution in [3.63, 3.8) is 0 Å². The van der Waals surface area contributed by atoms with Crippen molar-refractivity contribution in [2.24, 2.45) is 52.3 Å². The van der Waals surface area contributed by atoms with Crippen LogP contribution in [0.5, 0.6) is 0 Å². The molecule has 32 heavy (non-hydrogen) atoms. The number of aliphatic hydroxyl groups is 5. The summed E-state index contributed by atoms with van der Waals surface area (Å²) in [6.07, 6.45) is 8.51. The van der Waals surface area contributed by atoms with Gasteiger partial charge in [0, 0.05) is 19.1 Å². The van der Waals surface area contributed by atoms with Gasteiger partial charge in [0.25, 0.3) is 0 Å². The Balaban J connectivity index is 1.50.